The van der Waals surface area contributed by atoms with Crippen LogP contribution in [0.15, 0.2) is 47.3 Å². The van der Waals surface area contributed by atoms with E-state index in [0.717, 1.165) is 42.9 Å². The van der Waals surface area contributed by atoms with Crippen molar-refractivity contribution >= 4 is 5.91 Å². The Hall–Kier alpha value is -2.44. The van der Waals surface area contributed by atoms with Crippen molar-refractivity contribution in [2.24, 2.45) is 11.7 Å². The molecule has 3 aliphatic rings. The van der Waals surface area contributed by atoms with Gasteiger partial charge in [0.25, 0.3) is 5.56 Å². The van der Waals surface area contributed by atoms with Gasteiger partial charge in [-0.3, -0.25) is 14.5 Å². The first-order valence-corrected chi connectivity index (χ1v) is 11.6. The molecule has 1 aromatic heterocycles. The highest BCUT2D eigenvalue weighted by Gasteiger charge is 2.38. The number of carbonyl (C=O) groups is 1. The largest absolute Gasteiger partial charge is 0.340 e. The van der Waals surface area contributed by atoms with E-state index in [1.807, 2.05) is 45.9 Å². The first-order valence-electron chi connectivity index (χ1n) is 11.6. The summed E-state index contributed by atoms with van der Waals surface area (Å²) in [6.45, 7) is 4.95. The predicted octanol–water partition coefficient (Wildman–Crippen LogP) is 2.48. The summed E-state index contributed by atoms with van der Waals surface area (Å²) < 4.78 is 2.00. The van der Waals surface area contributed by atoms with Crippen LogP contribution in [0.5, 0.6) is 0 Å². The highest BCUT2D eigenvalue weighted by atomic mass is 16.2. The van der Waals surface area contributed by atoms with Gasteiger partial charge in [-0.1, -0.05) is 42.8 Å². The van der Waals surface area contributed by atoms with Gasteiger partial charge in [0.15, 0.2) is 0 Å². The number of piperidine rings is 2. The summed E-state index contributed by atoms with van der Waals surface area (Å²) in [4.78, 5) is 30.7. The van der Waals surface area contributed by atoms with Crippen molar-refractivity contribution in [3.63, 3.8) is 0 Å². The van der Waals surface area contributed by atoms with Crippen molar-refractivity contribution in [3.8, 4) is 0 Å². The highest BCUT2D eigenvalue weighted by Crippen LogP contribution is 2.36. The zero-order valence-electron chi connectivity index (χ0n) is 18.1. The maximum atomic E-state index is 13.3. The standard InChI is InChI=1S/C25H32N4O2/c26-23(19-7-3-1-4-8-19)25(31)28-14-18-13-21(17-28)22-10-9-20(24(30)29(22)15-18)16-27-11-5-2-6-12-27/h1,3-4,7-10,18,21,23H,2,5-6,11-17,26H2/t18-,21+,23-/m0/s1. The summed E-state index contributed by atoms with van der Waals surface area (Å²) in [6.07, 6.45) is 4.79. The molecule has 1 aromatic carbocycles. The van der Waals surface area contributed by atoms with E-state index in [0.29, 0.717) is 25.6 Å². The maximum absolute atomic E-state index is 13.3. The number of rotatable bonds is 4. The Morgan fingerprint density at radius 1 is 1.00 bits per heavy atom. The molecule has 2 saturated heterocycles. The number of amides is 1. The molecule has 2 bridgehead atoms. The molecule has 31 heavy (non-hydrogen) atoms. The molecule has 6 heteroatoms. The van der Waals surface area contributed by atoms with Crippen LogP contribution in [0.3, 0.4) is 0 Å². The fourth-order valence-electron chi connectivity index (χ4n) is 5.65. The molecule has 2 fully saturated rings. The summed E-state index contributed by atoms with van der Waals surface area (Å²) in [5.74, 6) is 0.496. The van der Waals surface area contributed by atoms with Crippen molar-refractivity contribution in [1.29, 1.82) is 0 Å². The minimum absolute atomic E-state index is 0.0154. The summed E-state index contributed by atoms with van der Waals surface area (Å²) in [6, 6.07) is 13.1. The fourth-order valence-corrected chi connectivity index (χ4v) is 5.65. The lowest BCUT2D eigenvalue weighted by Crippen LogP contribution is -2.51. The molecule has 0 saturated carbocycles. The number of carbonyl (C=O) groups excluding carboxylic acids is 1. The molecule has 2 aromatic rings. The second kappa shape index (κ2) is 8.60. The monoisotopic (exact) mass is 420 g/mol. The molecule has 164 valence electrons. The van der Waals surface area contributed by atoms with Crippen LogP contribution < -0.4 is 11.3 Å². The van der Waals surface area contributed by atoms with Crippen LogP contribution in [0.1, 0.15) is 54.5 Å². The number of hydrogen-bond donors (Lipinski definition) is 1. The number of pyridine rings is 1. The Balaban J connectivity index is 1.34. The molecule has 5 rings (SSSR count). The molecule has 0 radical (unpaired) electrons. The van der Waals surface area contributed by atoms with Crippen molar-refractivity contribution in [3.05, 3.63) is 69.6 Å². The van der Waals surface area contributed by atoms with E-state index in [-0.39, 0.29) is 17.4 Å². The topological polar surface area (TPSA) is 71.6 Å². The zero-order valence-corrected chi connectivity index (χ0v) is 18.1. The first kappa shape index (κ1) is 20.5. The van der Waals surface area contributed by atoms with E-state index in [1.54, 1.807) is 0 Å². The Kier molecular flexibility index (Phi) is 5.67. The van der Waals surface area contributed by atoms with Gasteiger partial charge in [-0.05, 0) is 49.9 Å². The Morgan fingerprint density at radius 3 is 2.55 bits per heavy atom. The van der Waals surface area contributed by atoms with Gasteiger partial charge in [0.05, 0.1) is 0 Å². The third kappa shape index (κ3) is 4.06. The molecule has 0 aliphatic carbocycles. The Morgan fingerprint density at radius 2 is 1.77 bits per heavy atom. The number of nitrogens with zero attached hydrogens (tertiary/aromatic N) is 3. The van der Waals surface area contributed by atoms with Gasteiger partial charge in [-0.25, -0.2) is 0 Å². The molecule has 3 atom stereocenters. The van der Waals surface area contributed by atoms with Gasteiger partial charge in [0.1, 0.15) is 6.04 Å². The molecule has 0 spiro atoms. The van der Waals surface area contributed by atoms with Gasteiger partial charge < -0.3 is 15.2 Å². The summed E-state index contributed by atoms with van der Waals surface area (Å²) in [5, 5.41) is 0. The zero-order chi connectivity index (χ0) is 21.4. The molecule has 4 heterocycles. The van der Waals surface area contributed by atoms with Crippen LogP contribution in [-0.2, 0) is 17.9 Å². The Bertz CT molecular complexity index is 996. The minimum atomic E-state index is -0.630. The fraction of sp³-hybridized carbons (Fsp3) is 0.520. The van der Waals surface area contributed by atoms with Crippen LogP contribution in [0.25, 0.3) is 0 Å². The number of fused-ring (bicyclic) bond motifs is 4. The second-order valence-electron chi connectivity index (χ2n) is 9.47. The summed E-state index contributed by atoms with van der Waals surface area (Å²) >= 11 is 0. The van der Waals surface area contributed by atoms with E-state index in [4.69, 9.17) is 5.73 Å². The van der Waals surface area contributed by atoms with Gasteiger partial charge in [-0.2, -0.15) is 0 Å². The minimum Gasteiger partial charge on any atom is -0.340 e. The van der Waals surface area contributed by atoms with E-state index in [2.05, 4.69) is 11.0 Å². The van der Waals surface area contributed by atoms with E-state index < -0.39 is 6.04 Å². The van der Waals surface area contributed by atoms with E-state index >= 15 is 0 Å². The van der Waals surface area contributed by atoms with Crippen LogP contribution >= 0.6 is 0 Å². The first-order chi connectivity index (χ1) is 15.1. The quantitative estimate of drug-likeness (QED) is 0.825. The van der Waals surface area contributed by atoms with E-state index in [1.165, 1.54) is 19.3 Å². The van der Waals surface area contributed by atoms with Gasteiger partial charge >= 0.3 is 0 Å². The molecule has 2 N–H and O–H groups in total. The average Bonchev–Trinajstić information content (AvgIpc) is 2.81. The third-order valence-corrected chi connectivity index (χ3v) is 7.26. The highest BCUT2D eigenvalue weighted by molar-refractivity contribution is 5.83. The maximum Gasteiger partial charge on any atom is 0.255 e. The molecule has 3 aliphatic heterocycles. The van der Waals surface area contributed by atoms with Crippen LogP contribution in [0.4, 0.5) is 0 Å². The number of nitrogens with two attached hydrogens (primary N) is 1. The van der Waals surface area contributed by atoms with Crippen molar-refractivity contribution in [1.82, 2.24) is 14.4 Å². The lowest BCUT2D eigenvalue weighted by Gasteiger charge is -2.43. The number of likely N-dealkylation sites (tertiary alicyclic amines) is 2. The lowest BCUT2D eigenvalue weighted by molar-refractivity contribution is -0.135. The molecule has 6 nitrogen and oxygen atoms in total. The van der Waals surface area contributed by atoms with Crippen molar-refractivity contribution in [2.75, 3.05) is 26.2 Å². The average molecular weight is 421 g/mol. The van der Waals surface area contributed by atoms with Crippen LogP contribution in [-0.4, -0.2) is 46.5 Å². The molecular weight excluding hydrogens is 388 g/mol. The Labute approximate surface area is 183 Å². The third-order valence-electron chi connectivity index (χ3n) is 7.26. The molecular formula is C25H32N4O2. The normalized spacial score (nSPS) is 24.5. The molecule has 1 amide bonds. The number of hydrogen-bond acceptors (Lipinski definition) is 4. The van der Waals surface area contributed by atoms with Gasteiger partial charge in [0.2, 0.25) is 5.91 Å². The SMILES string of the molecule is N[C@H](C(=O)N1C[C@@H]2C[C@H](C1)c1ccc(CN3CCCCC3)c(=O)n1C2)c1ccccc1. The van der Waals surface area contributed by atoms with Crippen molar-refractivity contribution < 1.29 is 4.79 Å². The summed E-state index contributed by atoms with van der Waals surface area (Å²) in [7, 11) is 0. The lowest BCUT2D eigenvalue weighted by atomic mass is 9.82. The van der Waals surface area contributed by atoms with Crippen molar-refractivity contribution in [2.45, 2.75) is 50.7 Å². The molecule has 0 unspecified atom stereocenters. The van der Waals surface area contributed by atoms with Gasteiger partial charge in [0, 0.05) is 43.4 Å². The second-order valence-corrected chi connectivity index (χ2v) is 9.47. The van der Waals surface area contributed by atoms with E-state index in [9.17, 15) is 9.59 Å². The number of aromatic nitrogens is 1. The number of benzene rings is 1. The van der Waals surface area contributed by atoms with Crippen LogP contribution in [0.2, 0.25) is 0 Å². The van der Waals surface area contributed by atoms with Gasteiger partial charge in [-0.15, -0.1) is 0 Å². The summed E-state index contributed by atoms with van der Waals surface area (Å²) in [5.41, 5.74) is 9.30. The predicted molar refractivity (Wildman–Crippen MR) is 121 cm³/mol. The van der Waals surface area contributed by atoms with Crippen LogP contribution in [0, 0.1) is 5.92 Å². The smallest absolute Gasteiger partial charge is 0.255 e.